The smallest absolute Gasteiger partial charge is 0.389 e. The molecule has 19 heavy (non-hydrogen) atoms. The molecule has 0 amide bonds. The largest absolute Gasteiger partial charge is 0.497 e. The Morgan fingerprint density at radius 3 is 2.68 bits per heavy atom. The summed E-state index contributed by atoms with van der Waals surface area (Å²) in [5.74, 6) is 0.258. The van der Waals surface area contributed by atoms with Crippen molar-refractivity contribution in [3.05, 3.63) is 29.8 Å². The Hall–Kier alpha value is -1.56. The summed E-state index contributed by atoms with van der Waals surface area (Å²) in [5, 5.41) is 0. The monoisotopic (exact) mass is 276 g/mol. The molecule has 0 aromatic heterocycles. The number of rotatable bonds is 7. The number of ketones is 1. The van der Waals surface area contributed by atoms with Gasteiger partial charge >= 0.3 is 6.18 Å². The number of hydrogen-bond acceptors (Lipinski definition) is 3. The Morgan fingerprint density at radius 1 is 1.32 bits per heavy atom. The van der Waals surface area contributed by atoms with E-state index in [4.69, 9.17) is 9.47 Å². The van der Waals surface area contributed by atoms with Crippen LogP contribution in [0, 0.1) is 0 Å². The maximum Gasteiger partial charge on any atom is 0.389 e. The van der Waals surface area contributed by atoms with Crippen LogP contribution in [0.1, 0.15) is 23.2 Å². The first-order valence-corrected chi connectivity index (χ1v) is 5.74. The van der Waals surface area contributed by atoms with Crippen molar-refractivity contribution in [2.45, 2.75) is 19.0 Å². The zero-order chi connectivity index (χ0) is 14.3. The highest BCUT2D eigenvalue weighted by atomic mass is 19.4. The fraction of sp³-hybridized carbons (Fsp3) is 0.462. The number of ether oxygens (including phenoxy) is 2. The highest BCUT2D eigenvalue weighted by Crippen LogP contribution is 2.21. The van der Waals surface area contributed by atoms with Gasteiger partial charge in [0.05, 0.1) is 7.11 Å². The fourth-order valence-corrected chi connectivity index (χ4v) is 1.42. The first-order chi connectivity index (χ1) is 8.92. The van der Waals surface area contributed by atoms with Crippen molar-refractivity contribution in [2.75, 3.05) is 20.3 Å². The van der Waals surface area contributed by atoms with Crippen molar-refractivity contribution < 1.29 is 27.4 Å². The average Bonchev–Trinajstić information content (AvgIpc) is 2.37. The molecule has 0 unspecified atom stereocenters. The van der Waals surface area contributed by atoms with Crippen molar-refractivity contribution in [3.8, 4) is 5.75 Å². The van der Waals surface area contributed by atoms with E-state index in [2.05, 4.69) is 0 Å². The van der Waals surface area contributed by atoms with Crippen molar-refractivity contribution in [1.82, 2.24) is 0 Å². The molecule has 1 aromatic carbocycles. The molecule has 0 fully saturated rings. The molecule has 0 N–H and O–H groups in total. The van der Waals surface area contributed by atoms with E-state index in [0.717, 1.165) is 0 Å². The van der Waals surface area contributed by atoms with Gasteiger partial charge in [0.2, 0.25) is 0 Å². The molecule has 0 aliphatic carbocycles. The second kappa shape index (κ2) is 7.13. The number of carbonyl (C=O) groups is 1. The summed E-state index contributed by atoms with van der Waals surface area (Å²) in [4.78, 5) is 11.7. The van der Waals surface area contributed by atoms with Gasteiger partial charge in [0.15, 0.2) is 5.78 Å². The first kappa shape index (κ1) is 15.5. The summed E-state index contributed by atoms with van der Waals surface area (Å²) in [6.45, 7) is -0.319. The van der Waals surface area contributed by atoms with Gasteiger partial charge in [-0.3, -0.25) is 4.79 Å². The first-order valence-electron chi connectivity index (χ1n) is 5.74. The van der Waals surface area contributed by atoms with Crippen LogP contribution >= 0.6 is 0 Å². The maximum absolute atomic E-state index is 11.9. The van der Waals surface area contributed by atoms with E-state index in [1.807, 2.05) is 0 Å². The van der Waals surface area contributed by atoms with Gasteiger partial charge in [0.1, 0.15) is 12.4 Å². The zero-order valence-corrected chi connectivity index (χ0v) is 10.5. The van der Waals surface area contributed by atoms with Crippen LogP contribution in [0.25, 0.3) is 0 Å². The van der Waals surface area contributed by atoms with Crippen molar-refractivity contribution in [1.29, 1.82) is 0 Å². The molecule has 0 atom stereocenters. The van der Waals surface area contributed by atoms with E-state index in [9.17, 15) is 18.0 Å². The molecular formula is C13H15F3O3. The minimum atomic E-state index is -4.18. The molecule has 0 aliphatic heterocycles. The molecule has 0 saturated carbocycles. The lowest BCUT2D eigenvalue weighted by Crippen LogP contribution is -2.12. The third kappa shape index (κ3) is 6.24. The molecule has 0 saturated heterocycles. The van der Waals surface area contributed by atoms with Crippen molar-refractivity contribution in [2.24, 2.45) is 0 Å². The Balaban J connectivity index is 2.31. The van der Waals surface area contributed by atoms with Gasteiger partial charge < -0.3 is 9.47 Å². The second-order valence-electron chi connectivity index (χ2n) is 3.93. The van der Waals surface area contributed by atoms with Gasteiger partial charge in [0, 0.05) is 18.6 Å². The van der Waals surface area contributed by atoms with Gasteiger partial charge in [-0.25, -0.2) is 0 Å². The predicted molar refractivity (Wildman–Crippen MR) is 63.4 cm³/mol. The van der Waals surface area contributed by atoms with Gasteiger partial charge in [-0.05, 0) is 18.6 Å². The summed E-state index contributed by atoms with van der Waals surface area (Å²) in [6, 6.07) is 6.52. The number of carbonyl (C=O) groups excluding carboxylic acids is 1. The predicted octanol–water partition coefficient (Wildman–Crippen LogP) is 3.24. The Morgan fingerprint density at radius 2 is 2.05 bits per heavy atom. The summed E-state index contributed by atoms with van der Waals surface area (Å²) in [5.41, 5.74) is 0.412. The average molecular weight is 276 g/mol. The Kier molecular flexibility index (Phi) is 5.82. The molecule has 1 aromatic rings. The number of alkyl halides is 3. The normalized spacial score (nSPS) is 11.4. The van der Waals surface area contributed by atoms with Gasteiger partial charge in [-0.15, -0.1) is 0 Å². The number of hydrogen-bond donors (Lipinski definition) is 0. The van der Waals surface area contributed by atoms with Crippen LogP contribution in [-0.4, -0.2) is 32.3 Å². The molecule has 3 nitrogen and oxygen atoms in total. The van der Waals surface area contributed by atoms with Gasteiger partial charge in [-0.1, -0.05) is 12.1 Å². The van der Waals surface area contributed by atoms with Crippen molar-refractivity contribution >= 4 is 5.78 Å². The van der Waals surface area contributed by atoms with E-state index in [0.29, 0.717) is 11.3 Å². The summed E-state index contributed by atoms with van der Waals surface area (Å²) in [6.07, 6.45) is -5.23. The topological polar surface area (TPSA) is 35.5 Å². The van der Waals surface area contributed by atoms with Crippen LogP contribution < -0.4 is 4.74 Å². The molecule has 0 bridgehead atoms. The van der Waals surface area contributed by atoms with Crippen LogP contribution in [0.15, 0.2) is 24.3 Å². The minimum absolute atomic E-state index is 0.0881. The highest BCUT2D eigenvalue weighted by Gasteiger charge is 2.25. The maximum atomic E-state index is 11.9. The Bertz CT molecular complexity index is 416. The van der Waals surface area contributed by atoms with E-state index >= 15 is 0 Å². The van der Waals surface area contributed by atoms with Gasteiger partial charge in [-0.2, -0.15) is 13.2 Å². The van der Waals surface area contributed by atoms with Crippen LogP contribution in [-0.2, 0) is 4.74 Å². The third-order valence-electron chi connectivity index (χ3n) is 2.37. The van der Waals surface area contributed by atoms with Crippen LogP contribution in [0.5, 0.6) is 5.75 Å². The molecule has 1 rings (SSSR count). The summed E-state index contributed by atoms with van der Waals surface area (Å²) >= 11 is 0. The molecule has 6 heteroatoms. The lowest BCUT2D eigenvalue weighted by molar-refractivity contribution is -0.137. The van der Waals surface area contributed by atoms with Crippen molar-refractivity contribution in [3.63, 3.8) is 0 Å². The Labute approximate surface area is 109 Å². The summed E-state index contributed by atoms with van der Waals surface area (Å²) < 4.78 is 45.5. The SMILES string of the molecule is COc1cccc(C(=O)COCCCC(F)(F)F)c1. The lowest BCUT2D eigenvalue weighted by Gasteiger charge is -2.07. The number of halogens is 3. The second-order valence-corrected chi connectivity index (χ2v) is 3.93. The lowest BCUT2D eigenvalue weighted by atomic mass is 10.1. The van der Waals surface area contributed by atoms with E-state index in [1.165, 1.54) is 7.11 Å². The van der Waals surface area contributed by atoms with Crippen LogP contribution in [0.4, 0.5) is 13.2 Å². The number of benzene rings is 1. The van der Waals surface area contributed by atoms with E-state index in [1.54, 1.807) is 24.3 Å². The molecular weight excluding hydrogens is 261 g/mol. The fourth-order valence-electron chi connectivity index (χ4n) is 1.42. The van der Waals surface area contributed by atoms with Crippen LogP contribution in [0.3, 0.4) is 0 Å². The highest BCUT2D eigenvalue weighted by molar-refractivity contribution is 5.97. The molecule has 0 radical (unpaired) electrons. The van der Waals surface area contributed by atoms with E-state index < -0.39 is 12.6 Å². The standard InChI is InChI=1S/C13H15F3O3/c1-18-11-5-2-4-10(8-11)12(17)9-19-7-3-6-13(14,15)16/h2,4-5,8H,3,6-7,9H2,1H3. The molecule has 0 aliphatic rings. The quantitative estimate of drug-likeness (QED) is 0.566. The number of methoxy groups -OCH3 is 1. The molecule has 0 spiro atoms. The summed E-state index contributed by atoms with van der Waals surface area (Å²) in [7, 11) is 1.48. The molecule has 106 valence electrons. The van der Waals surface area contributed by atoms with Crippen LogP contribution in [0.2, 0.25) is 0 Å². The minimum Gasteiger partial charge on any atom is -0.497 e. The van der Waals surface area contributed by atoms with E-state index in [-0.39, 0.29) is 25.4 Å². The van der Waals surface area contributed by atoms with Gasteiger partial charge in [0.25, 0.3) is 0 Å². The number of Topliss-reactive ketones (excluding diaryl/α,β-unsaturated/α-hetero) is 1. The third-order valence-corrected chi connectivity index (χ3v) is 2.37. The molecule has 0 heterocycles. The zero-order valence-electron chi connectivity index (χ0n) is 10.5.